The molecule has 6 atom stereocenters. The molecule has 0 aromatic rings. The molecule has 0 amide bonds. The summed E-state index contributed by atoms with van der Waals surface area (Å²) in [5.74, 6) is 0.162. The van der Waals surface area contributed by atoms with Gasteiger partial charge in [0.15, 0.2) is 12.2 Å². The van der Waals surface area contributed by atoms with Crippen molar-refractivity contribution in [3.05, 3.63) is 24.3 Å². The summed E-state index contributed by atoms with van der Waals surface area (Å²) in [4.78, 5) is 72.9. The van der Waals surface area contributed by atoms with Gasteiger partial charge in [-0.1, -0.05) is 330 Å². The highest BCUT2D eigenvalue weighted by molar-refractivity contribution is 7.47. The zero-order valence-corrected chi connectivity index (χ0v) is 65.5. The van der Waals surface area contributed by atoms with E-state index in [1.807, 2.05) is 0 Å². The van der Waals surface area contributed by atoms with Crippen molar-refractivity contribution in [2.24, 2.45) is 17.8 Å². The summed E-state index contributed by atoms with van der Waals surface area (Å²) >= 11 is 0. The number of esters is 4. The Morgan fingerprint density at radius 3 is 0.908 bits per heavy atom. The van der Waals surface area contributed by atoms with Crippen molar-refractivity contribution in [2.45, 2.75) is 401 Å². The molecule has 3 N–H and O–H groups in total. The molecule has 0 radical (unpaired) electrons. The normalized spacial score (nSPS) is 14.4. The van der Waals surface area contributed by atoms with Gasteiger partial charge >= 0.3 is 39.5 Å². The molecule has 0 aliphatic rings. The lowest BCUT2D eigenvalue weighted by atomic mass is 10.00. The monoisotopic (exact) mass is 1430 g/mol. The van der Waals surface area contributed by atoms with E-state index in [1.165, 1.54) is 167 Å². The largest absolute Gasteiger partial charge is 0.472 e. The predicted molar refractivity (Wildman–Crippen MR) is 400 cm³/mol. The molecule has 0 spiro atoms. The van der Waals surface area contributed by atoms with Gasteiger partial charge in [0, 0.05) is 25.7 Å². The first kappa shape index (κ1) is 95.5. The van der Waals surface area contributed by atoms with Gasteiger partial charge in [-0.2, -0.15) is 0 Å². The fourth-order valence-corrected chi connectivity index (χ4v) is 13.1. The van der Waals surface area contributed by atoms with Crippen molar-refractivity contribution in [2.75, 3.05) is 39.6 Å². The maximum Gasteiger partial charge on any atom is 0.472 e. The highest BCUT2D eigenvalue weighted by atomic mass is 31.2. The van der Waals surface area contributed by atoms with Crippen LogP contribution in [0.5, 0.6) is 0 Å². The van der Waals surface area contributed by atoms with Gasteiger partial charge in [0.05, 0.1) is 26.4 Å². The Morgan fingerprint density at radius 2 is 0.602 bits per heavy atom. The van der Waals surface area contributed by atoms with Gasteiger partial charge in [-0.15, -0.1) is 0 Å². The standard InChI is InChI=1S/C79H150O17P2/c1-8-10-11-12-13-14-15-16-17-23-28-33-38-46-53-60-76(81)89-66-74(95-78(83)63-56-49-40-35-30-25-20-22-27-32-37-44-51-58-71(5)6)68-93-97(85,86)91-64-73(80)65-92-98(87,88)94-69-75(67-90-77(82)61-54-47-42-41-45-52-59-72(7)9-2)96-79(84)62-55-48-39-34-29-24-19-18-21-26-31-36-43-50-57-70(3)4/h14-17,70-75,80H,8-13,18-69H2,1-7H3,(H,85,86)(H,87,88)/b15-14-,17-16-/t72?,73-,74-,75-/m1/s1. The van der Waals surface area contributed by atoms with E-state index in [9.17, 15) is 43.2 Å². The van der Waals surface area contributed by atoms with E-state index in [0.29, 0.717) is 25.7 Å². The number of ether oxygens (including phenoxy) is 4. The second-order valence-corrected chi connectivity index (χ2v) is 31.9. The first-order valence-corrected chi connectivity index (χ1v) is 43.2. The number of aliphatic hydroxyl groups excluding tert-OH is 1. The Hall–Kier alpha value is -2.46. The van der Waals surface area contributed by atoms with Gasteiger partial charge in [-0.05, 0) is 69.1 Å². The van der Waals surface area contributed by atoms with Crippen LogP contribution in [0, 0.1) is 17.8 Å². The zero-order valence-electron chi connectivity index (χ0n) is 63.7. The molecule has 0 fully saturated rings. The number of phosphoric acid groups is 2. The van der Waals surface area contributed by atoms with Crippen LogP contribution in [0.1, 0.15) is 382 Å². The van der Waals surface area contributed by atoms with Gasteiger partial charge in [-0.3, -0.25) is 37.3 Å². The Kier molecular flexibility index (Phi) is 67.2. The number of allylic oxidation sites excluding steroid dienone is 4. The summed E-state index contributed by atoms with van der Waals surface area (Å²) < 4.78 is 68.6. The summed E-state index contributed by atoms with van der Waals surface area (Å²) in [6, 6.07) is 0. The van der Waals surface area contributed by atoms with Crippen molar-refractivity contribution in [1.82, 2.24) is 0 Å². The summed E-state index contributed by atoms with van der Waals surface area (Å²) in [6.45, 7) is 11.9. The van der Waals surface area contributed by atoms with Gasteiger partial charge in [-0.25, -0.2) is 9.13 Å². The van der Waals surface area contributed by atoms with Crippen molar-refractivity contribution in [3.8, 4) is 0 Å². The van der Waals surface area contributed by atoms with Crippen LogP contribution in [0.15, 0.2) is 24.3 Å². The lowest BCUT2D eigenvalue weighted by Gasteiger charge is -2.21. The Labute approximate surface area is 599 Å². The molecule has 0 aromatic heterocycles. The molecule has 0 aromatic carbocycles. The molecular formula is C79H150O17P2. The number of carbonyl (C=O) groups excluding carboxylic acids is 4. The lowest BCUT2D eigenvalue weighted by molar-refractivity contribution is -0.161. The fourth-order valence-electron chi connectivity index (χ4n) is 11.6. The first-order valence-electron chi connectivity index (χ1n) is 40.2. The van der Waals surface area contributed by atoms with E-state index >= 15 is 0 Å². The second-order valence-electron chi connectivity index (χ2n) is 29.0. The molecule has 0 saturated carbocycles. The number of unbranched alkanes of at least 4 members (excludes halogenated alkanes) is 39. The van der Waals surface area contributed by atoms with Crippen molar-refractivity contribution >= 4 is 39.5 Å². The third kappa shape index (κ3) is 70.6. The Balaban J connectivity index is 5.28. The van der Waals surface area contributed by atoms with Crippen molar-refractivity contribution < 1.29 is 80.2 Å². The van der Waals surface area contributed by atoms with Crippen LogP contribution in [0.25, 0.3) is 0 Å². The minimum absolute atomic E-state index is 0.100. The van der Waals surface area contributed by atoms with Crippen LogP contribution in [-0.4, -0.2) is 96.7 Å². The maximum absolute atomic E-state index is 13.1. The molecular weight excluding hydrogens is 1280 g/mol. The highest BCUT2D eigenvalue weighted by Gasteiger charge is 2.30. The van der Waals surface area contributed by atoms with Gasteiger partial charge in [0.2, 0.25) is 0 Å². The maximum atomic E-state index is 13.1. The number of hydrogen-bond acceptors (Lipinski definition) is 15. The molecule has 17 nitrogen and oxygen atoms in total. The first-order chi connectivity index (χ1) is 47.3. The highest BCUT2D eigenvalue weighted by Crippen LogP contribution is 2.45. The van der Waals surface area contributed by atoms with E-state index in [-0.39, 0.29) is 25.7 Å². The minimum Gasteiger partial charge on any atom is -0.462 e. The van der Waals surface area contributed by atoms with Crippen LogP contribution < -0.4 is 0 Å². The molecule has 0 heterocycles. The molecule has 98 heavy (non-hydrogen) atoms. The number of rotatable bonds is 75. The van der Waals surface area contributed by atoms with Crippen molar-refractivity contribution in [1.29, 1.82) is 0 Å². The van der Waals surface area contributed by atoms with E-state index in [0.717, 1.165) is 133 Å². The average Bonchev–Trinajstić information content (AvgIpc) is 0.983. The SMILES string of the molecule is CCCCCC/C=C\C=C/CCCCCCCC(=O)OC[C@H](COP(=O)(O)OC[C@@H](O)COP(=O)(O)OC[C@@H](COC(=O)CCCCCCCCC(C)CC)OC(=O)CCCCCCCCCCCCCCCCC(C)C)OC(=O)CCCCCCCCCCCCCCCC(C)C. The van der Waals surface area contributed by atoms with E-state index < -0.39 is 97.5 Å². The van der Waals surface area contributed by atoms with Crippen LogP contribution >= 0.6 is 15.6 Å². The van der Waals surface area contributed by atoms with Gasteiger partial charge in [0.25, 0.3) is 0 Å². The quantitative estimate of drug-likeness (QED) is 0.0169. The molecule has 19 heteroatoms. The molecule has 0 bridgehead atoms. The molecule has 0 aliphatic heterocycles. The second kappa shape index (κ2) is 68.9. The van der Waals surface area contributed by atoms with Crippen molar-refractivity contribution in [3.63, 3.8) is 0 Å². The Bertz CT molecular complexity index is 2000. The molecule has 0 aliphatic carbocycles. The summed E-state index contributed by atoms with van der Waals surface area (Å²) in [5, 5.41) is 10.6. The number of carbonyl (C=O) groups is 4. The topological polar surface area (TPSA) is 237 Å². The summed E-state index contributed by atoms with van der Waals surface area (Å²) in [6.07, 6.45) is 59.0. The van der Waals surface area contributed by atoms with Crippen LogP contribution in [0.2, 0.25) is 0 Å². The smallest absolute Gasteiger partial charge is 0.462 e. The third-order valence-electron chi connectivity index (χ3n) is 18.1. The molecule has 3 unspecified atom stereocenters. The van der Waals surface area contributed by atoms with Gasteiger partial charge in [0.1, 0.15) is 19.3 Å². The molecule has 0 rings (SSSR count). The number of aliphatic hydroxyl groups is 1. The minimum atomic E-state index is -4.97. The van der Waals surface area contributed by atoms with Crippen LogP contribution in [-0.2, 0) is 65.4 Å². The Morgan fingerprint density at radius 1 is 0.337 bits per heavy atom. The van der Waals surface area contributed by atoms with Crippen LogP contribution in [0.4, 0.5) is 0 Å². The molecule has 578 valence electrons. The average molecular weight is 1430 g/mol. The third-order valence-corrected chi connectivity index (χ3v) is 20.0. The summed E-state index contributed by atoms with van der Waals surface area (Å²) in [7, 11) is -9.93. The number of hydrogen-bond donors (Lipinski definition) is 3. The van der Waals surface area contributed by atoms with Gasteiger partial charge < -0.3 is 33.8 Å². The summed E-state index contributed by atoms with van der Waals surface area (Å²) in [5.41, 5.74) is 0. The lowest BCUT2D eigenvalue weighted by Crippen LogP contribution is -2.30. The van der Waals surface area contributed by atoms with E-state index in [2.05, 4.69) is 72.8 Å². The van der Waals surface area contributed by atoms with Crippen LogP contribution in [0.3, 0.4) is 0 Å². The number of phosphoric ester groups is 2. The predicted octanol–water partition coefficient (Wildman–Crippen LogP) is 22.9. The van der Waals surface area contributed by atoms with E-state index in [4.69, 9.17) is 37.0 Å². The fraction of sp³-hybridized carbons (Fsp3) is 0.899. The zero-order chi connectivity index (χ0) is 72.3. The van der Waals surface area contributed by atoms with E-state index in [1.54, 1.807) is 0 Å². The molecule has 0 saturated heterocycles.